The Kier molecular flexibility index (Phi) is 3.68. The van der Waals surface area contributed by atoms with Gasteiger partial charge in [-0.1, -0.05) is 26.1 Å². The fourth-order valence-corrected chi connectivity index (χ4v) is 3.38. The molecule has 2 heterocycles. The molecule has 1 aliphatic carbocycles. The molecule has 5 heteroatoms. The van der Waals surface area contributed by atoms with Crippen LogP contribution in [-0.2, 0) is 6.42 Å². The number of rotatable bonds is 2. The normalized spacial score (nSPS) is 19.5. The van der Waals surface area contributed by atoms with Crippen molar-refractivity contribution < 1.29 is 9.21 Å². The Labute approximate surface area is 134 Å². The summed E-state index contributed by atoms with van der Waals surface area (Å²) in [5, 5.41) is 3.12. The molecule has 1 atom stereocenters. The first-order valence-corrected chi connectivity index (χ1v) is 7.84. The molecule has 0 radical (unpaired) electrons. The summed E-state index contributed by atoms with van der Waals surface area (Å²) in [6.07, 6.45) is 3.50. The quantitative estimate of drug-likeness (QED) is 0.820. The van der Waals surface area contributed by atoms with E-state index in [4.69, 9.17) is 16.6 Å². The largest absolute Gasteiger partial charge is 0.466 e. The molecule has 1 aliphatic rings. The second-order valence-corrected chi connectivity index (χ2v) is 7.13. The zero-order valence-electron chi connectivity index (χ0n) is 13.0. The van der Waals surface area contributed by atoms with Crippen molar-refractivity contribution in [2.75, 3.05) is 0 Å². The SMILES string of the molecule is Cc1cc2c(o1)CC(C)(C)CC2NC(=O)c1ccc[nH]c1=S. The first kappa shape index (κ1) is 15.0. The molecule has 2 aromatic rings. The summed E-state index contributed by atoms with van der Waals surface area (Å²) < 4.78 is 6.26. The van der Waals surface area contributed by atoms with Gasteiger partial charge in [-0.25, -0.2) is 0 Å². The molecule has 3 rings (SSSR count). The van der Waals surface area contributed by atoms with E-state index in [1.807, 2.05) is 13.0 Å². The lowest BCUT2D eigenvalue weighted by atomic mass is 9.74. The van der Waals surface area contributed by atoms with Crippen LogP contribution in [-0.4, -0.2) is 10.9 Å². The lowest BCUT2D eigenvalue weighted by Gasteiger charge is -2.34. The van der Waals surface area contributed by atoms with Gasteiger partial charge in [-0.3, -0.25) is 4.79 Å². The minimum Gasteiger partial charge on any atom is -0.466 e. The maximum atomic E-state index is 12.5. The van der Waals surface area contributed by atoms with Crippen LogP contribution in [0.15, 0.2) is 28.8 Å². The highest BCUT2D eigenvalue weighted by atomic mass is 32.1. The summed E-state index contributed by atoms with van der Waals surface area (Å²) >= 11 is 5.19. The van der Waals surface area contributed by atoms with Crippen molar-refractivity contribution in [3.05, 3.63) is 51.7 Å². The summed E-state index contributed by atoms with van der Waals surface area (Å²) in [4.78, 5) is 15.4. The summed E-state index contributed by atoms with van der Waals surface area (Å²) in [5.41, 5.74) is 1.69. The van der Waals surface area contributed by atoms with E-state index in [9.17, 15) is 4.79 Å². The van der Waals surface area contributed by atoms with Crippen LogP contribution in [0.2, 0.25) is 0 Å². The van der Waals surface area contributed by atoms with Crippen LogP contribution in [0.1, 0.15) is 53.8 Å². The maximum absolute atomic E-state index is 12.5. The number of amides is 1. The van der Waals surface area contributed by atoms with Crippen molar-refractivity contribution >= 4 is 18.1 Å². The molecule has 0 bridgehead atoms. The third-order valence-electron chi connectivity index (χ3n) is 4.10. The van der Waals surface area contributed by atoms with E-state index < -0.39 is 0 Å². The van der Waals surface area contributed by atoms with Gasteiger partial charge in [0, 0.05) is 18.2 Å². The summed E-state index contributed by atoms with van der Waals surface area (Å²) in [5.74, 6) is 1.73. The van der Waals surface area contributed by atoms with Gasteiger partial charge < -0.3 is 14.7 Å². The number of H-pyrrole nitrogens is 1. The molecule has 4 nitrogen and oxygen atoms in total. The zero-order valence-corrected chi connectivity index (χ0v) is 13.8. The first-order chi connectivity index (χ1) is 10.4. The highest BCUT2D eigenvalue weighted by molar-refractivity contribution is 7.71. The van der Waals surface area contributed by atoms with Gasteiger partial charge in [0.1, 0.15) is 16.2 Å². The van der Waals surface area contributed by atoms with E-state index in [2.05, 4.69) is 24.1 Å². The van der Waals surface area contributed by atoms with Gasteiger partial charge in [0.25, 0.3) is 5.91 Å². The molecule has 0 fully saturated rings. The van der Waals surface area contributed by atoms with Crippen LogP contribution in [0.4, 0.5) is 0 Å². The molecular formula is C17H20N2O2S. The molecule has 0 aromatic carbocycles. The van der Waals surface area contributed by atoms with E-state index in [0.717, 1.165) is 29.9 Å². The number of carbonyl (C=O) groups is 1. The number of aromatic nitrogens is 1. The minimum absolute atomic E-state index is 0.0432. The molecule has 0 spiro atoms. The van der Waals surface area contributed by atoms with E-state index in [1.165, 1.54) is 0 Å². The van der Waals surface area contributed by atoms with Gasteiger partial charge in [-0.2, -0.15) is 0 Å². The van der Waals surface area contributed by atoms with Gasteiger partial charge in [0.2, 0.25) is 0 Å². The second kappa shape index (κ2) is 5.39. The van der Waals surface area contributed by atoms with E-state index in [-0.39, 0.29) is 17.4 Å². The fourth-order valence-electron chi connectivity index (χ4n) is 3.15. The Hall–Kier alpha value is -1.88. The number of carbonyl (C=O) groups excluding carboxylic acids is 1. The lowest BCUT2D eigenvalue weighted by molar-refractivity contribution is 0.0916. The average Bonchev–Trinajstić information content (AvgIpc) is 2.78. The second-order valence-electron chi connectivity index (χ2n) is 6.72. The van der Waals surface area contributed by atoms with Crippen molar-refractivity contribution in [3.8, 4) is 0 Å². The Bertz CT molecular complexity index is 773. The molecule has 2 N–H and O–H groups in total. The summed E-state index contributed by atoms with van der Waals surface area (Å²) in [6, 6.07) is 5.51. The number of nitrogens with one attached hydrogen (secondary N) is 2. The molecule has 1 unspecified atom stereocenters. The standard InChI is InChI=1S/C17H20N2O2S/c1-10-7-12-13(8-17(2,3)9-14(12)21-10)19-15(20)11-5-4-6-18-16(11)22/h4-7,13H,8-9H2,1-3H3,(H,18,22)(H,19,20). The third kappa shape index (κ3) is 2.86. The lowest BCUT2D eigenvalue weighted by Crippen LogP contribution is -2.36. The van der Waals surface area contributed by atoms with E-state index in [1.54, 1.807) is 18.3 Å². The Balaban J connectivity index is 1.90. The predicted octanol–water partition coefficient (Wildman–Crippen LogP) is 4.09. The van der Waals surface area contributed by atoms with E-state index >= 15 is 0 Å². The number of fused-ring (bicyclic) bond motifs is 1. The van der Waals surface area contributed by atoms with Crippen LogP contribution in [0.5, 0.6) is 0 Å². The molecule has 116 valence electrons. The summed E-state index contributed by atoms with van der Waals surface area (Å²) in [7, 11) is 0. The number of furan rings is 1. The fraction of sp³-hybridized carbons (Fsp3) is 0.412. The first-order valence-electron chi connectivity index (χ1n) is 7.43. The summed E-state index contributed by atoms with van der Waals surface area (Å²) in [6.45, 7) is 6.33. The van der Waals surface area contributed by atoms with Gasteiger partial charge in [0.05, 0.1) is 11.6 Å². The Morgan fingerprint density at radius 2 is 2.27 bits per heavy atom. The Morgan fingerprint density at radius 3 is 3.00 bits per heavy atom. The number of hydrogen-bond acceptors (Lipinski definition) is 3. The molecule has 1 amide bonds. The molecule has 0 saturated carbocycles. The van der Waals surface area contributed by atoms with Crippen molar-refractivity contribution in [2.24, 2.45) is 5.41 Å². The number of aryl methyl sites for hydroxylation is 1. The molecule has 0 saturated heterocycles. The van der Waals surface area contributed by atoms with Crippen LogP contribution in [0, 0.1) is 17.0 Å². The van der Waals surface area contributed by atoms with Crippen LogP contribution >= 0.6 is 12.2 Å². The van der Waals surface area contributed by atoms with Crippen LogP contribution in [0.3, 0.4) is 0 Å². The predicted molar refractivity (Wildman–Crippen MR) is 87.4 cm³/mol. The van der Waals surface area contributed by atoms with Crippen LogP contribution in [0.25, 0.3) is 0 Å². The molecule has 2 aromatic heterocycles. The van der Waals surface area contributed by atoms with Gasteiger partial charge >= 0.3 is 0 Å². The van der Waals surface area contributed by atoms with Gasteiger partial charge in [-0.05, 0) is 37.0 Å². The van der Waals surface area contributed by atoms with Gasteiger partial charge in [0.15, 0.2) is 0 Å². The molecule has 22 heavy (non-hydrogen) atoms. The number of hydrogen-bond donors (Lipinski definition) is 2. The highest BCUT2D eigenvalue weighted by Crippen LogP contribution is 2.42. The minimum atomic E-state index is -0.144. The number of pyridine rings is 1. The van der Waals surface area contributed by atoms with Crippen molar-refractivity contribution in [3.63, 3.8) is 0 Å². The zero-order chi connectivity index (χ0) is 15.9. The molecular weight excluding hydrogens is 296 g/mol. The highest BCUT2D eigenvalue weighted by Gasteiger charge is 2.35. The number of aromatic amines is 1. The van der Waals surface area contributed by atoms with Gasteiger partial charge in [-0.15, -0.1) is 0 Å². The topological polar surface area (TPSA) is 58.0 Å². The van der Waals surface area contributed by atoms with Crippen molar-refractivity contribution in [1.29, 1.82) is 0 Å². The van der Waals surface area contributed by atoms with Crippen molar-refractivity contribution in [2.45, 2.75) is 39.7 Å². The maximum Gasteiger partial charge on any atom is 0.254 e. The monoisotopic (exact) mass is 316 g/mol. The Morgan fingerprint density at radius 1 is 1.50 bits per heavy atom. The smallest absolute Gasteiger partial charge is 0.254 e. The average molecular weight is 316 g/mol. The van der Waals surface area contributed by atoms with E-state index in [0.29, 0.717) is 10.2 Å². The molecule has 0 aliphatic heterocycles. The third-order valence-corrected chi connectivity index (χ3v) is 4.44. The van der Waals surface area contributed by atoms with Crippen LogP contribution < -0.4 is 5.32 Å². The van der Waals surface area contributed by atoms with Crippen molar-refractivity contribution in [1.82, 2.24) is 10.3 Å².